The first-order valence-corrected chi connectivity index (χ1v) is 6.63. The topological polar surface area (TPSA) is 35.5 Å². The van der Waals surface area contributed by atoms with Gasteiger partial charge in [-0.1, -0.05) is 34.6 Å². The van der Waals surface area contributed by atoms with Crippen LogP contribution in [0, 0.1) is 23.7 Å². The highest BCUT2D eigenvalue weighted by molar-refractivity contribution is 5.65. The van der Waals surface area contributed by atoms with E-state index in [0.717, 1.165) is 0 Å². The predicted octanol–water partition coefficient (Wildman–Crippen LogP) is 2.88. The fraction of sp³-hybridized carbons (Fsp3) is 0.929. The van der Waals surface area contributed by atoms with Crippen LogP contribution in [0.3, 0.4) is 0 Å². The van der Waals surface area contributed by atoms with E-state index in [4.69, 9.17) is 9.47 Å². The van der Waals surface area contributed by atoms with Crippen molar-refractivity contribution in [1.82, 2.24) is 0 Å². The van der Waals surface area contributed by atoms with Gasteiger partial charge in [0.1, 0.15) is 6.61 Å². The van der Waals surface area contributed by atoms with Crippen molar-refractivity contribution in [3.8, 4) is 0 Å². The summed E-state index contributed by atoms with van der Waals surface area (Å²) >= 11 is 0. The average molecular weight is 242 g/mol. The van der Waals surface area contributed by atoms with Gasteiger partial charge in [0.2, 0.25) is 0 Å². The van der Waals surface area contributed by atoms with Crippen LogP contribution in [0.1, 0.15) is 41.5 Å². The van der Waals surface area contributed by atoms with Gasteiger partial charge in [-0.15, -0.1) is 0 Å². The summed E-state index contributed by atoms with van der Waals surface area (Å²) in [6.45, 7) is 12.9. The summed E-state index contributed by atoms with van der Waals surface area (Å²) < 4.78 is 11.2. The Kier molecular flexibility index (Phi) is 4.99. The molecule has 0 aromatic carbocycles. The Hall–Kier alpha value is -0.570. The fourth-order valence-corrected chi connectivity index (χ4v) is 2.72. The Morgan fingerprint density at radius 2 is 1.76 bits per heavy atom. The molecule has 5 atom stereocenters. The molecule has 3 nitrogen and oxygen atoms in total. The van der Waals surface area contributed by atoms with Gasteiger partial charge in [-0.3, -0.25) is 4.79 Å². The van der Waals surface area contributed by atoms with Crippen LogP contribution < -0.4 is 0 Å². The lowest BCUT2D eigenvalue weighted by Gasteiger charge is -2.45. The van der Waals surface area contributed by atoms with E-state index in [1.165, 1.54) is 6.92 Å². The Balaban J connectivity index is 2.67. The Morgan fingerprint density at radius 3 is 2.24 bits per heavy atom. The van der Waals surface area contributed by atoms with E-state index in [-0.39, 0.29) is 18.2 Å². The summed E-state index contributed by atoms with van der Waals surface area (Å²) in [5, 5.41) is 0. The van der Waals surface area contributed by atoms with Crippen LogP contribution in [0.2, 0.25) is 0 Å². The van der Waals surface area contributed by atoms with Crippen molar-refractivity contribution in [3.05, 3.63) is 0 Å². The maximum absolute atomic E-state index is 10.9. The highest BCUT2D eigenvalue weighted by atomic mass is 16.6. The van der Waals surface area contributed by atoms with E-state index in [0.29, 0.717) is 30.3 Å². The third kappa shape index (κ3) is 3.44. The van der Waals surface area contributed by atoms with E-state index in [1.54, 1.807) is 0 Å². The lowest BCUT2D eigenvalue weighted by atomic mass is 9.74. The standard InChI is InChI=1S/C14H26O3/c1-8(2)14-11(5)9(3)10(4)13(17-14)7-16-12(6)15/h8-11,13-14H,7H2,1-6H3/t9-,10+,11+,13+,14?/m1/s1. The molecule has 0 aromatic heterocycles. The third-order valence-corrected chi connectivity index (χ3v) is 4.20. The van der Waals surface area contributed by atoms with E-state index < -0.39 is 0 Å². The van der Waals surface area contributed by atoms with Crippen molar-refractivity contribution in [3.63, 3.8) is 0 Å². The van der Waals surface area contributed by atoms with Crippen LogP contribution in [0.5, 0.6) is 0 Å². The number of esters is 1. The summed E-state index contributed by atoms with van der Waals surface area (Å²) in [6.07, 6.45) is 0.305. The molecular weight excluding hydrogens is 216 g/mol. The molecule has 1 unspecified atom stereocenters. The Morgan fingerprint density at radius 1 is 1.18 bits per heavy atom. The molecule has 1 aliphatic rings. The lowest BCUT2D eigenvalue weighted by Crippen LogP contribution is -2.48. The van der Waals surface area contributed by atoms with Crippen molar-refractivity contribution in [2.75, 3.05) is 6.61 Å². The molecule has 17 heavy (non-hydrogen) atoms. The third-order valence-electron chi connectivity index (χ3n) is 4.20. The largest absolute Gasteiger partial charge is 0.463 e. The van der Waals surface area contributed by atoms with E-state index in [2.05, 4.69) is 34.6 Å². The molecule has 0 amide bonds. The van der Waals surface area contributed by atoms with E-state index in [1.807, 2.05) is 0 Å². The number of hydrogen-bond donors (Lipinski definition) is 0. The van der Waals surface area contributed by atoms with Gasteiger partial charge < -0.3 is 9.47 Å². The summed E-state index contributed by atoms with van der Waals surface area (Å²) in [5.74, 6) is 1.85. The quantitative estimate of drug-likeness (QED) is 0.714. The molecular formula is C14H26O3. The van der Waals surface area contributed by atoms with Gasteiger partial charge in [0.05, 0.1) is 12.2 Å². The number of rotatable bonds is 3. The molecule has 0 radical (unpaired) electrons. The fourth-order valence-electron chi connectivity index (χ4n) is 2.72. The first-order valence-electron chi connectivity index (χ1n) is 6.63. The van der Waals surface area contributed by atoms with Crippen LogP contribution in [-0.4, -0.2) is 24.8 Å². The van der Waals surface area contributed by atoms with Gasteiger partial charge in [-0.2, -0.15) is 0 Å². The molecule has 0 N–H and O–H groups in total. The molecule has 1 heterocycles. The SMILES string of the molecule is CC(=O)OC[C@@H]1OC(C(C)C)[C@@H](C)[C@H](C)[C@@H]1C. The zero-order valence-electron chi connectivity index (χ0n) is 11.9. The molecule has 1 aliphatic heterocycles. The van der Waals surface area contributed by atoms with Crippen molar-refractivity contribution in [2.45, 2.75) is 53.8 Å². The zero-order valence-corrected chi connectivity index (χ0v) is 11.9. The molecule has 1 fully saturated rings. The highest BCUT2D eigenvalue weighted by Crippen LogP contribution is 2.37. The second-order valence-corrected chi connectivity index (χ2v) is 5.76. The normalized spacial score (nSPS) is 38.2. The van der Waals surface area contributed by atoms with Gasteiger partial charge in [-0.25, -0.2) is 0 Å². The van der Waals surface area contributed by atoms with Crippen molar-refractivity contribution in [1.29, 1.82) is 0 Å². The maximum Gasteiger partial charge on any atom is 0.302 e. The Bertz CT molecular complexity index is 262. The molecule has 0 aliphatic carbocycles. The molecule has 0 spiro atoms. The molecule has 0 bridgehead atoms. The molecule has 3 heteroatoms. The Labute approximate surface area is 105 Å². The average Bonchev–Trinajstić information content (AvgIpc) is 2.24. The van der Waals surface area contributed by atoms with Gasteiger partial charge in [0.25, 0.3) is 0 Å². The van der Waals surface area contributed by atoms with Crippen LogP contribution in [0.25, 0.3) is 0 Å². The van der Waals surface area contributed by atoms with E-state index in [9.17, 15) is 4.79 Å². The van der Waals surface area contributed by atoms with Gasteiger partial charge >= 0.3 is 5.97 Å². The van der Waals surface area contributed by atoms with Gasteiger partial charge in [0, 0.05) is 6.92 Å². The van der Waals surface area contributed by atoms with Gasteiger partial charge in [0.15, 0.2) is 0 Å². The predicted molar refractivity (Wildman–Crippen MR) is 67.6 cm³/mol. The molecule has 1 saturated heterocycles. The molecule has 0 aromatic rings. The minimum Gasteiger partial charge on any atom is -0.463 e. The second kappa shape index (κ2) is 5.85. The summed E-state index contributed by atoms with van der Waals surface area (Å²) in [6, 6.07) is 0. The van der Waals surface area contributed by atoms with Crippen molar-refractivity contribution < 1.29 is 14.3 Å². The number of ether oxygens (including phenoxy) is 2. The first-order chi connectivity index (χ1) is 7.84. The molecule has 0 saturated carbocycles. The minimum absolute atomic E-state index is 0.0394. The summed E-state index contributed by atoms with van der Waals surface area (Å²) in [7, 11) is 0. The van der Waals surface area contributed by atoms with Crippen LogP contribution in [-0.2, 0) is 14.3 Å². The summed E-state index contributed by atoms with van der Waals surface area (Å²) in [5.41, 5.74) is 0. The minimum atomic E-state index is -0.229. The van der Waals surface area contributed by atoms with E-state index >= 15 is 0 Å². The lowest BCUT2D eigenvalue weighted by molar-refractivity contribution is -0.176. The molecule has 100 valence electrons. The number of carbonyl (C=O) groups excluding carboxylic acids is 1. The second-order valence-electron chi connectivity index (χ2n) is 5.76. The first kappa shape index (κ1) is 14.5. The smallest absolute Gasteiger partial charge is 0.302 e. The van der Waals surface area contributed by atoms with Crippen LogP contribution in [0.4, 0.5) is 0 Å². The number of hydrogen-bond acceptors (Lipinski definition) is 3. The highest BCUT2D eigenvalue weighted by Gasteiger charge is 2.40. The van der Waals surface area contributed by atoms with Crippen LogP contribution >= 0.6 is 0 Å². The van der Waals surface area contributed by atoms with Gasteiger partial charge in [-0.05, 0) is 23.7 Å². The maximum atomic E-state index is 10.9. The monoisotopic (exact) mass is 242 g/mol. The zero-order chi connectivity index (χ0) is 13.2. The van der Waals surface area contributed by atoms with Crippen molar-refractivity contribution >= 4 is 5.97 Å². The molecule has 1 rings (SSSR count). The van der Waals surface area contributed by atoms with Crippen LogP contribution in [0.15, 0.2) is 0 Å². The summed E-state index contributed by atoms with van der Waals surface area (Å²) in [4.78, 5) is 10.9. The van der Waals surface area contributed by atoms with Crippen molar-refractivity contribution in [2.24, 2.45) is 23.7 Å². The number of carbonyl (C=O) groups is 1.